The van der Waals surface area contributed by atoms with Crippen molar-refractivity contribution in [3.63, 3.8) is 0 Å². The Morgan fingerprint density at radius 2 is 1.88 bits per heavy atom. The molecule has 180 valence electrons. The molecule has 34 heavy (non-hydrogen) atoms. The number of carbonyl (C=O) groups excluding carboxylic acids is 2. The first-order valence-corrected chi connectivity index (χ1v) is 13.8. The second-order valence-corrected chi connectivity index (χ2v) is 12.1. The van der Waals surface area contributed by atoms with E-state index in [-0.39, 0.29) is 0 Å². The second-order valence-electron chi connectivity index (χ2n) is 11.4. The van der Waals surface area contributed by atoms with Crippen molar-refractivity contribution in [1.29, 1.82) is 0 Å². The minimum atomic E-state index is -0.413. The summed E-state index contributed by atoms with van der Waals surface area (Å²) >= 11 is 1.00. The van der Waals surface area contributed by atoms with E-state index >= 15 is 0 Å². The van der Waals surface area contributed by atoms with Crippen LogP contribution in [0, 0.1) is 22.7 Å². The predicted molar refractivity (Wildman–Crippen MR) is 138 cm³/mol. The first kappa shape index (κ1) is 23.6. The molecule has 4 aliphatic carbocycles. The minimum absolute atomic E-state index is 0.294. The summed E-state index contributed by atoms with van der Waals surface area (Å²) in [5.41, 5.74) is 7.37. The normalized spacial score (nSPS) is 32.2. The molecule has 0 saturated heterocycles. The summed E-state index contributed by atoms with van der Waals surface area (Å²) in [5, 5.41) is 3.40. The van der Waals surface area contributed by atoms with Gasteiger partial charge < -0.3 is 4.84 Å². The zero-order chi connectivity index (χ0) is 24.1. The third-order valence-corrected chi connectivity index (χ3v) is 9.99. The number of rotatable bonds is 3. The van der Waals surface area contributed by atoms with Crippen LogP contribution in [0.4, 0.5) is 4.79 Å². The van der Waals surface area contributed by atoms with Crippen LogP contribution in [0.5, 0.6) is 0 Å². The molecule has 0 radical (unpaired) electrons. The lowest BCUT2D eigenvalue weighted by Crippen LogP contribution is -2.46. The maximum absolute atomic E-state index is 12.2. The van der Waals surface area contributed by atoms with Crippen LogP contribution in [0.2, 0.25) is 0 Å². The number of thioether (sulfide) groups is 1. The number of hydrogen-bond acceptors (Lipinski definition) is 5. The maximum atomic E-state index is 12.2. The highest BCUT2D eigenvalue weighted by Gasteiger charge is 2.59. The van der Waals surface area contributed by atoms with Crippen LogP contribution in [-0.4, -0.2) is 23.6 Å². The fraction of sp³-hybridized carbons (Fsp3) is 0.552. The molecule has 4 atom stereocenters. The molecule has 0 bridgehead atoms. The first-order chi connectivity index (χ1) is 16.2. The molecular formula is C29H35NO3S. The number of allylic oxidation sites excluding steroid dienone is 4. The van der Waals surface area contributed by atoms with Crippen LogP contribution in [-0.2, 0) is 9.63 Å². The average molecular weight is 478 g/mol. The van der Waals surface area contributed by atoms with E-state index in [0.717, 1.165) is 36.1 Å². The van der Waals surface area contributed by atoms with Gasteiger partial charge in [-0.1, -0.05) is 55.8 Å². The average Bonchev–Trinajstić information content (AvgIpc) is 3.07. The smallest absolute Gasteiger partial charge is 0.307 e. The number of hydrogen-bond donors (Lipinski definition) is 0. The van der Waals surface area contributed by atoms with Crippen molar-refractivity contribution in [3.8, 4) is 0 Å². The van der Waals surface area contributed by atoms with E-state index in [1.54, 1.807) is 18.0 Å². The van der Waals surface area contributed by atoms with Crippen molar-refractivity contribution >= 4 is 29.1 Å². The molecule has 0 spiro atoms. The topological polar surface area (TPSA) is 55.7 Å². The van der Waals surface area contributed by atoms with Crippen molar-refractivity contribution < 1.29 is 14.4 Å². The lowest BCUT2D eigenvalue weighted by molar-refractivity contribution is -0.114. The van der Waals surface area contributed by atoms with Gasteiger partial charge in [0.25, 0.3) is 0 Å². The Hall–Kier alpha value is -2.14. The molecule has 2 fully saturated rings. The molecule has 2 saturated carbocycles. The molecule has 5 heteroatoms. The third-order valence-electron chi connectivity index (χ3n) is 9.59. The molecular weight excluding hydrogens is 442 g/mol. The van der Waals surface area contributed by atoms with Gasteiger partial charge in [-0.3, -0.25) is 4.79 Å². The standard InChI is InChI=1S/C29H35NO3S/c1-28(2)14-13-25-23-11-9-20-15-21(31)10-12-22(20)26(23)24(16-29(25,28)3)19-7-5-18(6-8-19)17-30-33-27(32)34-4/h5-8,15,17,23-25H,9-14,16H2,1-4H3/b30-17+/t23?,24-,25?,29+/m1/s1. The zero-order valence-electron chi connectivity index (χ0n) is 20.7. The quantitative estimate of drug-likeness (QED) is 0.258. The van der Waals surface area contributed by atoms with Gasteiger partial charge in [0.1, 0.15) is 0 Å². The van der Waals surface area contributed by atoms with Crippen molar-refractivity contribution in [3.05, 3.63) is 58.2 Å². The lowest BCUT2D eigenvalue weighted by atomic mass is 9.49. The van der Waals surface area contributed by atoms with Crippen molar-refractivity contribution in [2.75, 3.05) is 6.26 Å². The number of carbonyl (C=O) groups is 2. The molecule has 0 heterocycles. The molecule has 2 unspecified atom stereocenters. The Morgan fingerprint density at radius 1 is 1.12 bits per heavy atom. The fourth-order valence-corrected chi connectivity index (χ4v) is 7.52. The summed E-state index contributed by atoms with van der Waals surface area (Å²) in [6.45, 7) is 7.51. The number of ketones is 1. The van der Waals surface area contributed by atoms with Crippen molar-refractivity contribution in [2.45, 2.75) is 71.6 Å². The highest BCUT2D eigenvalue weighted by Crippen LogP contribution is 2.69. The number of benzene rings is 1. The summed E-state index contributed by atoms with van der Waals surface area (Å²) in [6.07, 6.45) is 12.8. The van der Waals surface area contributed by atoms with E-state index < -0.39 is 5.30 Å². The Labute approximate surface area is 207 Å². The van der Waals surface area contributed by atoms with Crippen molar-refractivity contribution in [1.82, 2.24) is 0 Å². The highest BCUT2D eigenvalue weighted by molar-refractivity contribution is 8.12. The van der Waals surface area contributed by atoms with Gasteiger partial charge in [-0.15, -0.1) is 0 Å². The largest absolute Gasteiger partial charge is 0.393 e. The van der Waals surface area contributed by atoms with Gasteiger partial charge in [-0.25, -0.2) is 4.79 Å². The Bertz CT molecular complexity index is 1100. The summed E-state index contributed by atoms with van der Waals surface area (Å²) in [4.78, 5) is 28.3. The van der Waals surface area contributed by atoms with E-state index in [0.29, 0.717) is 34.9 Å². The molecule has 1 aromatic rings. The van der Waals surface area contributed by atoms with Crippen LogP contribution < -0.4 is 0 Å². The summed E-state index contributed by atoms with van der Waals surface area (Å²) < 4.78 is 0. The Kier molecular flexibility index (Phi) is 6.12. The van der Waals surface area contributed by atoms with Gasteiger partial charge in [0.05, 0.1) is 6.21 Å². The monoisotopic (exact) mass is 477 g/mol. The molecule has 0 aromatic heterocycles. The van der Waals surface area contributed by atoms with E-state index in [2.05, 4.69) is 50.2 Å². The Balaban J connectivity index is 1.53. The van der Waals surface area contributed by atoms with Gasteiger partial charge in [0.2, 0.25) is 0 Å². The predicted octanol–water partition coefficient (Wildman–Crippen LogP) is 7.45. The van der Waals surface area contributed by atoms with E-state index in [4.69, 9.17) is 4.84 Å². The minimum Gasteiger partial charge on any atom is -0.307 e. The van der Waals surface area contributed by atoms with Gasteiger partial charge in [0.15, 0.2) is 5.78 Å². The lowest BCUT2D eigenvalue weighted by Gasteiger charge is -2.55. The number of fused-ring (bicyclic) bond motifs is 4. The Morgan fingerprint density at radius 3 is 2.62 bits per heavy atom. The molecule has 1 aromatic carbocycles. The van der Waals surface area contributed by atoms with E-state index in [9.17, 15) is 9.59 Å². The van der Waals surface area contributed by atoms with Crippen LogP contribution >= 0.6 is 11.8 Å². The zero-order valence-corrected chi connectivity index (χ0v) is 21.5. The third kappa shape index (κ3) is 3.90. The second kappa shape index (κ2) is 8.82. The fourth-order valence-electron chi connectivity index (χ4n) is 7.40. The van der Waals surface area contributed by atoms with Crippen LogP contribution in [0.3, 0.4) is 0 Å². The van der Waals surface area contributed by atoms with Gasteiger partial charge in [0, 0.05) is 12.3 Å². The van der Waals surface area contributed by atoms with Gasteiger partial charge >= 0.3 is 5.30 Å². The summed E-state index contributed by atoms with van der Waals surface area (Å²) in [5.74, 6) is 2.04. The SMILES string of the molecule is CSC(=O)O/N=C/c1ccc([C@H]2C[C@@]3(C)C(CCC3(C)C)C3CCC4=CC(=O)CCC4=C32)cc1. The molecule has 5 rings (SSSR count). The summed E-state index contributed by atoms with van der Waals surface area (Å²) in [7, 11) is 0. The van der Waals surface area contributed by atoms with E-state index in [1.807, 2.05) is 6.08 Å². The van der Waals surface area contributed by atoms with Gasteiger partial charge in [-0.05, 0) is 108 Å². The molecule has 4 nitrogen and oxygen atoms in total. The molecule has 4 aliphatic rings. The van der Waals surface area contributed by atoms with Gasteiger partial charge in [-0.2, -0.15) is 0 Å². The van der Waals surface area contributed by atoms with Crippen LogP contribution in [0.25, 0.3) is 0 Å². The van der Waals surface area contributed by atoms with Crippen LogP contribution in [0.1, 0.15) is 82.8 Å². The van der Waals surface area contributed by atoms with E-state index in [1.165, 1.54) is 42.4 Å². The molecule has 0 aliphatic heterocycles. The first-order valence-electron chi connectivity index (χ1n) is 12.6. The maximum Gasteiger partial charge on any atom is 0.393 e. The molecule has 0 N–H and O–H groups in total. The number of nitrogens with zero attached hydrogens (tertiary/aromatic N) is 1. The number of oxime groups is 1. The summed E-state index contributed by atoms with van der Waals surface area (Å²) in [6, 6.07) is 8.60. The van der Waals surface area contributed by atoms with Crippen LogP contribution in [0.15, 0.2) is 52.2 Å². The van der Waals surface area contributed by atoms with Crippen molar-refractivity contribution in [2.24, 2.45) is 27.8 Å². The molecule has 0 amide bonds. The highest BCUT2D eigenvalue weighted by atomic mass is 32.2.